The lowest BCUT2D eigenvalue weighted by atomic mass is 10.2. The molecule has 0 amide bonds. The van der Waals surface area contributed by atoms with Crippen molar-refractivity contribution in [2.75, 3.05) is 23.9 Å². The zero-order valence-corrected chi connectivity index (χ0v) is 12.3. The van der Waals surface area contributed by atoms with E-state index in [4.69, 9.17) is 4.74 Å². The van der Waals surface area contributed by atoms with Gasteiger partial charge in [-0.25, -0.2) is 0 Å². The summed E-state index contributed by atoms with van der Waals surface area (Å²) in [5.41, 5.74) is 0.853. The number of nitrogens with zero attached hydrogens (tertiary/aromatic N) is 1. The molecule has 0 saturated carbocycles. The smallest absolute Gasteiger partial charge is 0.311 e. The first-order valence-electron chi connectivity index (χ1n) is 6.22. The van der Waals surface area contributed by atoms with E-state index in [1.54, 1.807) is 23.9 Å². The fourth-order valence-corrected chi connectivity index (χ4v) is 2.01. The molecular formula is C13H20N2O3S. The molecule has 6 heteroatoms. The van der Waals surface area contributed by atoms with Gasteiger partial charge in [0.2, 0.25) is 0 Å². The molecule has 1 aromatic rings. The predicted molar refractivity (Wildman–Crippen MR) is 80.3 cm³/mol. The van der Waals surface area contributed by atoms with E-state index in [-0.39, 0.29) is 11.8 Å². The lowest BCUT2D eigenvalue weighted by Gasteiger charge is -2.12. The van der Waals surface area contributed by atoms with Crippen molar-refractivity contribution in [2.45, 2.75) is 26.4 Å². The number of ether oxygens (including phenoxy) is 1. The van der Waals surface area contributed by atoms with Gasteiger partial charge in [-0.1, -0.05) is 0 Å². The van der Waals surface area contributed by atoms with Gasteiger partial charge in [0.15, 0.2) is 5.75 Å². The van der Waals surface area contributed by atoms with Gasteiger partial charge >= 0.3 is 5.69 Å². The average molecular weight is 284 g/mol. The van der Waals surface area contributed by atoms with Gasteiger partial charge in [0, 0.05) is 24.4 Å². The summed E-state index contributed by atoms with van der Waals surface area (Å²) in [5, 5.41) is 14.2. The number of nitrogens with one attached hydrogen (secondary N) is 1. The Morgan fingerprint density at radius 1 is 1.47 bits per heavy atom. The van der Waals surface area contributed by atoms with E-state index in [2.05, 4.69) is 11.6 Å². The molecule has 0 aliphatic carbocycles. The van der Waals surface area contributed by atoms with Gasteiger partial charge in [0.25, 0.3) is 0 Å². The number of rotatable bonds is 8. The summed E-state index contributed by atoms with van der Waals surface area (Å²) in [6.45, 7) is 4.55. The normalized spacial score (nSPS) is 10.5. The first kappa shape index (κ1) is 15.6. The van der Waals surface area contributed by atoms with Crippen LogP contribution >= 0.6 is 11.8 Å². The molecule has 0 saturated heterocycles. The molecule has 19 heavy (non-hydrogen) atoms. The highest BCUT2D eigenvalue weighted by Crippen LogP contribution is 2.30. The molecule has 0 aliphatic heterocycles. The molecule has 0 spiro atoms. The highest BCUT2D eigenvalue weighted by atomic mass is 32.2. The van der Waals surface area contributed by atoms with Crippen LogP contribution in [0.4, 0.5) is 11.4 Å². The molecule has 1 N–H and O–H groups in total. The quantitative estimate of drug-likeness (QED) is 0.449. The molecule has 1 rings (SSSR count). The number of hydrogen-bond acceptors (Lipinski definition) is 5. The third-order valence-electron chi connectivity index (χ3n) is 2.37. The van der Waals surface area contributed by atoms with Crippen molar-refractivity contribution in [3.05, 3.63) is 28.3 Å². The first-order valence-corrected chi connectivity index (χ1v) is 7.62. The van der Waals surface area contributed by atoms with Crippen molar-refractivity contribution in [1.82, 2.24) is 0 Å². The largest absolute Gasteiger partial charge is 0.484 e. The zero-order valence-electron chi connectivity index (χ0n) is 11.5. The average Bonchev–Trinajstić information content (AvgIpc) is 2.34. The zero-order chi connectivity index (χ0) is 14.3. The third-order valence-corrected chi connectivity index (χ3v) is 3.07. The monoisotopic (exact) mass is 284 g/mol. The Morgan fingerprint density at radius 2 is 2.21 bits per heavy atom. The fraction of sp³-hybridized carbons (Fsp3) is 0.538. The van der Waals surface area contributed by atoms with Crippen LogP contribution in [0.1, 0.15) is 20.3 Å². The standard InChI is InChI=1S/C13H20N2O3S/c1-10(2)18-13-9-11(14-7-4-8-19-3)5-6-12(13)15(16)17/h5-6,9-10,14H,4,7-8H2,1-3H3. The van der Waals surface area contributed by atoms with Crippen LogP contribution in [0.5, 0.6) is 5.75 Å². The minimum atomic E-state index is -0.421. The number of thioether (sulfide) groups is 1. The molecule has 0 fully saturated rings. The van der Waals surface area contributed by atoms with Gasteiger partial charge in [0.05, 0.1) is 11.0 Å². The molecule has 0 unspecified atom stereocenters. The van der Waals surface area contributed by atoms with Crippen LogP contribution in [-0.4, -0.2) is 29.6 Å². The van der Waals surface area contributed by atoms with Crippen LogP contribution in [-0.2, 0) is 0 Å². The summed E-state index contributed by atoms with van der Waals surface area (Å²) in [6, 6.07) is 4.89. The Bertz CT molecular complexity index is 424. The topological polar surface area (TPSA) is 64.4 Å². The van der Waals surface area contributed by atoms with E-state index in [9.17, 15) is 10.1 Å². The summed E-state index contributed by atoms with van der Waals surface area (Å²) in [5.74, 6) is 1.41. The lowest BCUT2D eigenvalue weighted by molar-refractivity contribution is -0.386. The van der Waals surface area contributed by atoms with Crippen molar-refractivity contribution in [1.29, 1.82) is 0 Å². The first-order chi connectivity index (χ1) is 9.04. The Balaban J connectivity index is 2.76. The van der Waals surface area contributed by atoms with E-state index in [0.717, 1.165) is 24.4 Å². The Labute approximate surface area is 117 Å². The summed E-state index contributed by atoms with van der Waals surface area (Å²) in [6.07, 6.45) is 3.03. The third kappa shape index (κ3) is 5.38. The molecule has 1 aromatic carbocycles. The number of anilines is 1. The van der Waals surface area contributed by atoms with E-state index < -0.39 is 4.92 Å². The predicted octanol–water partition coefficient (Wildman–Crippen LogP) is 3.55. The maximum Gasteiger partial charge on any atom is 0.311 e. The van der Waals surface area contributed by atoms with Crippen LogP contribution in [0.3, 0.4) is 0 Å². The minimum Gasteiger partial charge on any atom is -0.484 e. The minimum absolute atomic E-state index is 0.00311. The van der Waals surface area contributed by atoms with Gasteiger partial charge in [0.1, 0.15) is 0 Å². The van der Waals surface area contributed by atoms with Crippen LogP contribution in [0.25, 0.3) is 0 Å². The van der Waals surface area contributed by atoms with Gasteiger partial charge < -0.3 is 10.1 Å². The summed E-state index contributed by atoms with van der Waals surface area (Å²) in [7, 11) is 0. The van der Waals surface area contributed by atoms with Crippen molar-refractivity contribution in [3.63, 3.8) is 0 Å². The van der Waals surface area contributed by atoms with Crippen LogP contribution < -0.4 is 10.1 Å². The number of nitro groups is 1. The molecule has 0 aliphatic rings. The SMILES string of the molecule is CSCCCNc1ccc([N+](=O)[O-])c(OC(C)C)c1. The highest BCUT2D eigenvalue weighted by molar-refractivity contribution is 7.98. The lowest BCUT2D eigenvalue weighted by Crippen LogP contribution is -2.08. The van der Waals surface area contributed by atoms with E-state index >= 15 is 0 Å². The highest BCUT2D eigenvalue weighted by Gasteiger charge is 2.16. The van der Waals surface area contributed by atoms with Crippen LogP contribution in [0.15, 0.2) is 18.2 Å². The van der Waals surface area contributed by atoms with Crippen molar-refractivity contribution in [2.24, 2.45) is 0 Å². The maximum atomic E-state index is 10.9. The van der Waals surface area contributed by atoms with Gasteiger partial charge in [-0.05, 0) is 38.3 Å². The van der Waals surface area contributed by atoms with E-state index in [0.29, 0.717) is 5.75 Å². The van der Waals surface area contributed by atoms with Crippen molar-refractivity contribution in [3.8, 4) is 5.75 Å². The number of hydrogen-bond donors (Lipinski definition) is 1. The second kappa shape index (κ2) is 7.89. The van der Waals surface area contributed by atoms with Gasteiger partial charge in [-0.3, -0.25) is 10.1 Å². The van der Waals surface area contributed by atoms with E-state index in [1.807, 2.05) is 13.8 Å². The molecular weight excluding hydrogens is 264 g/mol. The Morgan fingerprint density at radius 3 is 2.79 bits per heavy atom. The van der Waals surface area contributed by atoms with Gasteiger partial charge in [-0.15, -0.1) is 0 Å². The number of benzene rings is 1. The Kier molecular flexibility index (Phi) is 6.49. The maximum absolute atomic E-state index is 10.9. The fourth-order valence-electron chi connectivity index (χ4n) is 1.57. The van der Waals surface area contributed by atoms with E-state index in [1.165, 1.54) is 6.07 Å². The summed E-state index contributed by atoms with van der Waals surface area (Å²) >= 11 is 1.80. The van der Waals surface area contributed by atoms with Gasteiger partial charge in [-0.2, -0.15) is 11.8 Å². The molecule has 0 bridgehead atoms. The van der Waals surface area contributed by atoms with Crippen LogP contribution in [0.2, 0.25) is 0 Å². The second-order valence-corrected chi connectivity index (χ2v) is 5.36. The molecule has 0 aromatic heterocycles. The van der Waals surface area contributed by atoms with Crippen LogP contribution in [0, 0.1) is 10.1 Å². The molecule has 0 heterocycles. The second-order valence-electron chi connectivity index (χ2n) is 4.38. The molecule has 5 nitrogen and oxygen atoms in total. The number of nitro benzene ring substituents is 1. The Hall–Kier alpha value is -1.43. The molecule has 106 valence electrons. The van der Waals surface area contributed by atoms with Crippen molar-refractivity contribution < 1.29 is 9.66 Å². The van der Waals surface area contributed by atoms with Crippen molar-refractivity contribution >= 4 is 23.1 Å². The summed E-state index contributed by atoms with van der Waals surface area (Å²) < 4.78 is 5.49. The summed E-state index contributed by atoms with van der Waals surface area (Å²) in [4.78, 5) is 10.5. The molecule has 0 radical (unpaired) electrons. The molecule has 0 atom stereocenters.